The fourth-order valence-electron chi connectivity index (χ4n) is 1.37. The number of unbranched alkanes of at least 4 members (excludes halogenated alkanes) is 1. The first kappa shape index (κ1) is 15.6. The molecule has 0 aliphatic rings. The number of ketones is 1. The maximum absolute atomic E-state index is 12.1. The van der Waals surface area contributed by atoms with Crippen LogP contribution >= 0.6 is 23.7 Å². The van der Waals surface area contributed by atoms with Crippen LogP contribution in [0.25, 0.3) is 0 Å². The van der Waals surface area contributed by atoms with Crippen molar-refractivity contribution in [2.45, 2.75) is 39.2 Å². The molecule has 0 spiro atoms. The summed E-state index contributed by atoms with van der Waals surface area (Å²) >= 11 is 1.51. The molecule has 1 aromatic heterocycles. The average molecular weight is 262 g/mol. The third kappa shape index (κ3) is 4.24. The lowest BCUT2D eigenvalue weighted by Gasteiger charge is -2.24. The summed E-state index contributed by atoms with van der Waals surface area (Å²) in [6.45, 7) is 6.95. The van der Waals surface area contributed by atoms with Crippen LogP contribution in [0.3, 0.4) is 0 Å². The number of hydrogen-bond acceptors (Lipinski definition) is 3. The minimum Gasteiger partial charge on any atom is -0.305 e. The molecule has 0 fully saturated rings. The van der Waals surface area contributed by atoms with Gasteiger partial charge in [-0.05, 0) is 38.3 Å². The molecule has 1 rings (SSSR count). The Hall–Kier alpha value is -0.380. The summed E-state index contributed by atoms with van der Waals surface area (Å²) in [6, 6.07) is 3.80. The van der Waals surface area contributed by atoms with E-state index in [0.29, 0.717) is 0 Å². The molecule has 0 saturated heterocycles. The SMILES string of the molecule is CCCCNC(C)(C)C(=O)c1cccs1.Cl. The molecule has 0 aliphatic carbocycles. The van der Waals surface area contributed by atoms with Crippen molar-refractivity contribution in [1.29, 1.82) is 0 Å². The van der Waals surface area contributed by atoms with Gasteiger partial charge in [-0.25, -0.2) is 0 Å². The zero-order valence-corrected chi connectivity index (χ0v) is 11.7. The number of Topliss-reactive ketones (excluding diaryl/α,β-unsaturated/α-hetero) is 1. The standard InChI is InChI=1S/C12H19NOS.ClH/c1-4-5-8-13-12(2,3)11(14)10-7-6-9-15-10;/h6-7,9,13H,4-5,8H2,1-3H3;1H. The summed E-state index contributed by atoms with van der Waals surface area (Å²) in [5.41, 5.74) is -0.444. The Morgan fingerprint density at radius 3 is 2.69 bits per heavy atom. The maximum atomic E-state index is 12.1. The number of nitrogens with one attached hydrogen (secondary N) is 1. The molecular formula is C12H20ClNOS. The third-order valence-corrected chi connectivity index (χ3v) is 3.28. The Kier molecular flexibility index (Phi) is 6.88. The van der Waals surface area contributed by atoms with Gasteiger partial charge < -0.3 is 5.32 Å². The highest BCUT2D eigenvalue weighted by Crippen LogP contribution is 2.17. The van der Waals surface area contributed by atoms with E-state index in [1.807, 2.05) is 31.4 Å². The van der Waals surface area contributed by atoms with Crippen LogP contribution in [-0.4, -0.2) is 17.9 Å². The monoisotopic (exact) mass is 261 g/mol. The molecule has 0 aromatic carbocycles. The molecule has 1 N–H and O–H groups in total. The van der Waals surface area contributed by atoms with Crippen LogP contribution in [-0.2, 0) is 0 Å². The first-order chi connectivity index (χ1) is 7.08. The highest BCUT2D eigenvalue weighted by atomic mass is 35.5. The van der Waals surface area contributed by atoms with Gasteiger partial charge in [-0.3, -0.25) is 4.79 Å². The summed E-state index contributed by atoms with van der Waals surface area (Å²) in [6.07, 6.45) is 2.26. The highest BCUT2D eigenvalue weighted by Gasteiger charge is 2.28. The highest BCUT2D eigenvalue weighted by molar-refractivity contribution is 7.12. The molecule has 0 unspecified atom stereocenters. The van der Waals surface area contributed by atoms with Crippen LogP contribution in [0.5, 0.6) is 0 Å². The van der Waals surface area contributed by atoms with E-state index in [4.69, 9.17) is 0 Å². The molecule has 0 bridgehead atoms. The molecule has 16 heavy (non-hydrogen) atoms. The smallest absolute Gasteiger partial charge is 0.192 e. The molecule has 0 saturated carbocycles. The summed E-state index contributed by atoms with van der Waals surface area (Å²) in [7, 11) is 0. The fraction of sp³-hybridized carbons (Fsp3) is 0.583. The summed E-state index contributed by atoms with van der Waals surface area (Å²) in [4.78, 5) is 12.9. The first-order valence-electron chi connectivity index (χ1n) is 5.41. The molecular weight excluding hydrogens is 242 g/mol. The van der Waals surface area contributed by atoms with Crippen LogP contribution < -0.4 is 5.32 Å². The molecule has 1 heterocycles. The normalized spacial score (nSPS) is 10.9. The molecule has 1 aromatic rings. The Bertz CT molecular complexity index is 309. The molecule has 2 nitrogen and oxygen atoms in total. The van der Waals surface area contributed by atoms with Crippen molar-refractivity contribution >= 4 is 29.5 Å². The lowest BCUT2D eigenvalue weighted by Crippen LogP contribution is -2.46. The lowest BCUT2D eigenvalue weighted by molar-refractivity contribution is 0.0886. The van der Waals surface area contributed by atoms with Crippen molar-refractivity contribution in [3.05, 3.63) is 22.4 Å². The number of halogens is 1. The predicted molar refractivity (Wildman–Crippen MR) is 72.9 cm³/mol. The van der Waals surface area contributed by atoms with Crippen molar-refractivity contribution in [2.75, 3.05) is 6.54 Å². The molecule has 0 aliphatic heterocycles. The molecule has 92 valence electrons. The minimum absolute atomic E-state index is 0. The maximum Gasteiger partial charge on any atom is 0.192 e. The van der Waals surface area contributed by atoms with Crippen LogP contribution in [0.15, 0.2) is 17.5 Å². The van der Waals surface area contributed by atoms with Crippen LogP contribution in [0, 0.1) is 0 Å². The first-order valence-corrected chi connectivity index (χ1v) is 6.29. The van der Waals surface area contributed by atoms with E-state index in [-0.39, 0.29) is 18.2 Å². The van der Waals surface area contributed by atoms with Crippen molar-refractivity contribution in [3.63, 3.8) is 0 Å². The number of thiophene rings is 1. The summed E-state index contributed by atoms with van der Waals surface area (Å²) in [5.74, 6) is 0.189. The Labute approximate surface area is 108 Å². The van der Waals surface area contributed by atoms with Gasteiger partial charge in [-0.15, -0.1) is 23.7 Å². The predicted octanol–water partition coefficient (Wildman–Crippen LogP) is 3.52. The van der Waals surface area contributed by atoms with Gasteiger partial charge in [0, 0.05) is 0 Å². The second-order valence-electron chi connectivity index (χ2n) is 4.21. The van der Waals surface area contributed by atoms with Gasteiger partial charge in [-0.2, -0.15) is 0 Å². The van der Waals surface area contributed by atoms with Gasteiger partial charge in [0.25, 0.3) is 0 Å². The molecule has 0 radical (unpaired) electrons. The Morgan fingerprint density at radius 2 is 2.19 bits per heavy atom. The largest absolute Gasteiger partial charge is 0.305 e. The molecule has 0 atom stereocenters. The van der Waals surface area contributed by atoms with Crippen LogP contribution in [0.2, 0.25) is 0 Å². The van der Waals surface area contributed by atoms with Gasteiger partial charge in [0.15, 0.2) is 5.78 Å². The van der Waals surface area contributed by atoms with E-state index in [2.05, 4.69) is 12.2 Å². The topological polar surface area (TPSA) is 29.1 Å². The van der Waals surface area contributed by atoms with Gasteiger partial charge in [0.2, 0.25) is 0 Å². The second-order valence-corrected chi connectivity index (χ2v) is 5.16. The minimum atomic E-state index is -0.444. The summed E-state index contributed by atoms with van der Waals surface area (Å²) in [5, 5.41) is 5.24. The number of rotatable bonds is 6. The molecule has 0 amide bonds. The van der Waals surface area contributed by atoms with Crippen molar-refractivity contribution in [2.24, 2.45) is 0 Å². The Morgan fingerprint density at radius 1 is 1.50 bits per heavy atom. The molecule has 4 heteroatoms. The van der Waals surface area contributed by atoms with Crippen LogP contribution in [0.1, 0.15) is 43.3 Å². The van der Waals surface area contributed by atoms with E-state index < -0.39 is 5.54 Å². The van der Waals surface area contributed by atoms with Crippen molar-refractivity contribution in [3.8, 4) is 0 Å². The number of carbonyl (C=O) groups is 1. The van der Waals surface area contributed by atoms with Crippen molar-refractivity contribution < 1.29 is 4.79 Å². The van der Waals surface area contributed by atoms with Gasteiger partial charge in [0.1, 0.15) is 0 Å². The van der Waals surface area contributed by atoms with E-state index in [0.717, 1.165) is 24.3 Å². The van der Waals surface area contributed by atoms with Gasteiger partial charge >= 0.3 is 0 Å². The Balaban J connectivity index is 0.00000225. The fourth-order valence-corrected chi connectivity index (χ4v) is 2.20. The van der Waals surface area contributed by atoms with E-state index >= 15 is 0 Å². The number of hydrogen-bond donors (Lipinski definition) is 1. The van der Waals surface area contributed by atoms with Gasteiger partial charge in [-0.1, -0.05) is 19.4 Å². The van der Waals surface area contributed by atoms with Crippen molar-refractivity contribution in [1.82, 2.24) is 5.32 Å². The van der Waals surface area contributed by atoms with E-state index in [9.17, 15) is 4.79 Å². The van der Waals surface area contributed by atoms with Crippen LogP contribution in [0.4, 0.5) is 0 Å². The average Bonchev–Trinajstić information content (AvgIpc) is 2.69. The van der Waals surface area contributed by atoms with Gasteiger partial charge in [0.05, 0.1) is 10.4 Å². The second kappa shape index (κ2) is 7.05. The third-order valence-electron chi connectivity index (χ3n) is 2.41. The van der Waals surface area contributed by atoms with E-state index in [1.54, 1.807) is 0 Å². The zero-order chi connectivity index (χ0) is 11.3. The lowest BCUT2D eigenvalue weighted by atomic mass is 9.97. The van der Waals surface area contributed by atoms with E-state index in [1.165, 1.54) is 11.3 Å². The zero-order valence-electron chi connectivity index (χ0n) is 10.1. The quantitative estimate of drug-likeness (QED) is 0.627. The summed E-state index contributed by atoms with van der Waals surface area (Å²) < 4.78 is 0. The number of carbonyl (C=O) groups excluding carboxylic acids is 1.